The second-order valence-corrected chi connectivity index (χ2v) is 11.0. The Labute approximate surface area is 235 Å². The monoisotopic (exact) mass is 557 g/mol. The largest absolute Gasteiger partial charge is 0.371 e. The van der Waals surface area contributed by atoms with Crippen molar-refractivity contribution in [1.82, 2.24) is 19.4 Å². The number of aryl methyl sites for hydroxylation is 1. The number of fused-ring (bicyclic) bond motifs is 1. The number of likely N-dealkylation sites (N-methyl/N-ethyl adjacent to an activating group) is 1. The lowest BCUT2D eigenvalue weighted by Gasteiger charge is -2.30. The average molecular weight is 558 g/mol. The molecule has 4 heterocycles. The summed E-state index contributed by atoms with van der Waals surface area (Å²) < 4.78 is 7.59. The van der Waals surface area contributed by atoms with E-state index in [1.54, 1.807) is 22.1 Å². The number of pyridine rings is 1. The van der Waals surface area contributed by atoms with Crippen LogP contribution in [0.1, 0.15) is 18.6 Å². The molecule has 9 heteroatoms. The van der Waals surface area contributed by atoms with Crippen molar-refractivity contribution in [3.63, 3.8) is 0 Å². The Bertz CT molecular complexity index is 1690. The van der Waals surface area contributed by atoms with Crippen LogP contribution in [0.4, 0.5) is 11.6 Å². The Morgan fingerprint density at radius 2 is 1.97 bits per heavy atom. The molecule has 3 aromatic heterocycles. The number of hydrogen-bond acceptors (Lipinski definition) is 7. The van der Waals surface area contributed by atoms with Gasteiger partial charge >= 0.3 is 0 Å². The van der Waals surface area contributed by atoms with Crippen molar-refractivity contribution in [3.8, 4) is 21.6 Å². The molecule has 1 saturated heterocycles. The van der Waals surface area contributed by atoms with E-state index in [1.165, 1.54) is 0 Å². The van der Waals surface area contributed by atoms with Crippen LogP contribution in [-0.2, 0) is 11.3 Å². The molecular weight excluding hydrogens is 530 g/mol. The molecule has 0 radical (unpaired) electrons. The number of benzene rings is 2. The van der Waals surface area contributed by atoms with Crippen LogP contribution < -0.4 is 10.9 Å². The van der Waals surface area contributed by atoms with Gasteiger partial charge in [-0.1, -0.05) is 41.9 Å². The van der Waals surface area contributed by atoms with Crippen LogP contribution in [0, 0.1) is 0 Å². The molecule has 1 fully saturated rings. The fourth-order valence-electron chi connectivity index (χ4n) is 4.92. The molecule has 0 amide bonds. The van der Waals surface area contributed by atoms with E-state index in [4.69, 9.17) is 21.3 Å². The molecule has 39 heavy (non-hydrogen) atoms. The maximum absolute atomic E-state index is 13.6. The van der Waals surface area contributed by atoms with Gasteiger partial charge in [0.1, 0.15) is 5.65 Å². The Hall–Kier alpha value is -3.56. The van der Waals surface area contributed by atoms with Crippen LogP contribution in [0.15, 0.2) is 77.0 Å². The SMILES string of the molecule is CCn1c(=O)c(-c2ccc(-c3cccs3)cc2Cl)cc2cnc(Nc3ccc(C4CN(C)CCO4)cc3)nc21. The number of thiophene rings is 1. The van der Waals surface area contributed by atoms with Gasteiger partial charge in [-0.25, -0.2) is 4.98 Å². The minimum atomic E-state index is -0.137. The third-order valence-corrected chi connectivity index (χ3v) is 8.25. The topological polar surface area (TPSA) is 72.3 Å². The minimum absolute atomic E-state index is 0.0725. The van der Waals surface area contributed by atoms with Crippen molar-refractivity contribution in [1.29, 1.82) is 0 Å². The number of rotatable bonds is 6. The molecule has 0 saturated carbocycles. The van der Waals surface area contributed by atoms with Gasteiger partial charge < -0.3 is 15.0 Å². The maximum atomic E-state index is 13.6. The van der Waals surface area contributed by atoms with Crippen LogP contribution in [0.25, 0.3) is 32.6 Å². The summed E-state index contributed by atoms with van der Waals surface area (Å²) in [6.07, 6.45) is 1.82. The molecule has 0 bridgehead atoms. The third-order valence-electron chi connectivity index (χ3n) is 7.02. The van der Waals surface area contributed by atoms with E-state index in [-0.39, 0.29) is 11.7 Å². The first-order valence-corrected chi connectivity index (χ1v) is 14.2. The molecule has 1 atom stereocenters. The number of nitrogens with one attached hydrogen (secondary N) is 1. The van der Waals surface area contributed by atoms with Gasteiger partial charge in [0.05, 0.1) is 12.7 Å². The van der Waals surface area contributed by atoms with Crippen molar-refractivity contribution < 1.29 is 4.74 Å². The summed E-state index contributed by atoms with van der Waals surface area (Å²) in [6, 6.07) is 19.8. The van der Waals surface area contributed by atoms with E-state index in [9.17, 15) is 4.79 Å². The van der Waals surface area contributed by atoms with E-state index in [1.807, 2.05) is 54.8 Å². The number of hydrogen-bond donors (Lipinski definition) is 1. The van der Waals surface area contributed by atoms with Gasteiger partial charge in [-0.05, 0) is 60.8 Å². The van der Waals surface area contributed by atoms with Crippen LogP contribution in [-0.4, -0.2) is 46.2 Å². The molecule has 1 aliphatic heterocycles. The summed E-state index contributed by atoms with van der Waals surface area (Å²) in [6.45, 7) is 4.97. The average Bonchev–Trinajstić information content (AvgIpc) is 3.49. The molecular formula is C30H28ClN5O2S. The lowest BCUT2D eigenvalue weighted by atomic mass is 10.0. The van der Waals surface area contributed by atoms with Crippen LogP contribution in [0.5, 0.6) is 0 Å². The van der Waals surface area contributed by atoms with Gasteiger partial charge in [-0.15, -0.1) is 11.3 Å². The van der Waals surface area contributed by atoms with E-state index in [0.717, 1.165) is 46.8 Å². The second-order valence-electron chi connectivity index (χ2n) is 9.62. The van der Waals surface area contributed by atoms with Gasteiger partial charge in [0.15, 0.2) is 0 Å². The first-order chi connectivity index (χ1) is 19.0. The van der Waals surface area contributed by atoms with Crippen molar-refractivity contribution >= 4 is 45.6 Å². The summed E-state index contributed by atoms with van der Waals surface area (Å²) in [5.74, 6) is 0.427. The molecule has 0 spiro atoms. The number of aromatic nitrogens is 3. The second kappa shape index (κ2) is 10.9. The van der Waals surface area contributed by atoms with Gasteiger partial charge in [-0.2, -0.15) is 4.98 Å². The Balaban J connectivity index is 1.29. The number of morpholine rings is 1. The summed E-state index contributed by atoms with van der Waals surface area (Å²) >= 11 is 8.34. The Morgan fingerprint density at radius 3 is 2.69 bits per heavy atom. The zero-order valence-electron chi connectivity index (χ0n) is 21.7. The smallest absolute Gasteiger partial charge is 0.260 e. The normalized spacial score (nSPS) is 16.0. The summed E-state index contributed by atoms with van der Waals surface area (Å²) in [5.41, 5.74) is 4.69. The summed E-state index contributed by atoms with van der Waals surface area (Å²) in [7, 11) is 2.11. The van der Waals surface area contributed by atoms with E-state index >= 15 is 0 Å². The Kier molecular flexibility index (Phi) is 7.18. The predicted octanol–water partition coefficient (Wildman–Crippen LogP) is 6.61. The molecule has 1 unspecified atom stereocenters. The van der Waals surface area contributed by atoms with Crippen molar-refractivity contribution in [2.24, 2.45) is 0 Å². The first-order valence-electron chi connectivity index (χ1n) is 12.9. The lowest BCUT2D eigenvalue weighted by molar-refractivity contribution is -0.0208. The predicted molar refractivity (Wildman–Crippen MR) is 159 cm³/mol. The molecule has 1 N–H and O–H groups in total. The van der Waals surface area contributed by atoms with E-state index in [2.05, 4.69) is 40.4 Å². The van der Waals surface area contributed by atoms with Crippen LogP contribution in [0.3, 0.4) is 0 Å². The van der Waals surface area contributed by atoms with Gasteiger partial charge in [-0.3, -0.25) is 9.36 Å². The number of nitrogens with zero attached hydrogens (tertiary/aromatic N) is 4. The van der Waals surface area contributed by atoms with Crippen LogP contribution in [0.2, 0.25) is 5.02 Å². The van der Waals surface area contributed by atoms with Crippen molar-refractivity contribution in [2.45, 2.75) is 19.6 Å². The minimum Gasteiger partial charge on any atom is -0.371 e. The van der Waals surface area contributed by atoms with Gasteiger partial charge in [0.2, 0.25) is 5.95 Å². The molecule has 5 aromatic rings. The lowest BCUT2D eigenvalue weighted by Crippen LogP contribution is -2.35. The maximum Gasteiger partial charge on any atom is 0.260 e. The van der Waals surface area contributed by atoms with Crippen molar-refractivity contribution in [2.75, 3.05) is 32.1 Å². The highest BCUT2D eigenvalue weighted by molar-refractivity contribution is 7.13. The van der Waals surface area contributed by atoms with Gasteiger partial charge in [0.25, 0.3) is 5.56 Å². The molecule has 1 aliphatic rings. The summed E-state index contributed by atoms with van der Waals surface area (Å²) in [4.78, 5) is 26.2. The zero-order valence-corrected chi connectivity index (χ0v) is 23.3. The molecule has 6 rings (SSSR count). The highest BCUT2D eigenvalue weighted by Crippen LogP contribution is 2.33. The van der Waals surface area contributed by atoms with Crippen molar-refractivity contribution in [3.05, 3.63) is 93.2 Å². The zero-order chi connectivity index (χ0) is 26.9. The van der Waals surface area contributed by atoms with Gasteiger partial charge in [0, 0.05) is 57.9 Å². The van der Waals surface area contributed by atoms with Crippen LogP contribution >= 0.6 is 22.9 Å². The third kappa shape index (κ3) is 5.21. The molecule has 7 nitrogen and oxygen atoms in total. The first kappa shape index (κ1) is 25.7. The fraction of sp³-hybridized carbons (Fsp3) is 0.233. The molecule has 0 aliphatic carbocycles. The molecule has 2 aromatic carbocycles. The fourth-order valence-corrected chi connectivity index (χ4v) is 5.93. The van der Waals surface area contributed by atoms with E-state index < -0.39 is 0 Å². The quantitative estimate of drug-likeness (QED) is 0.253. The molecule has 198 valence electrons. The highest BCUT2D eigenvalue weighted by Gasteiger charge is 2.19. The highest BCUT2D eigenvalue weighted by atomic mass is 35.5. The summed E-state index contributed by atoms with van der Waals surface area (Å²) in [5, 5.41) is 6.61. The Morgan fingerprint density at radius 1 is 1.13 bits per heavy atom. The number of ether oxygens (including phenoxy) is 1. The number of anilines is 2. The number of halogens is 1. The standard InChI is InChI=1S/C30H28ClN5O2S/c1-3-36-28-21(15-24(29(36)37)23-11-8-20(16-25(23)31)27-5-4-14-39-27)17-32-30(34-28)33-22-9-6-19(7-10-22)26-18-35(2)12-13-38-26/h4-11,14-17,26H,3,12-13,18H2,1-2H3,(H,32,33,34). The van der Waals surface area contributed by atoms with E-state index in [0.29, 0.717) is 34.3 Å².